The van der Waals surface area contributed by atoms with Gasteiger partial charge in [0.05, 0.1) is 5.41 Å². The summed E-state index contributed by atoms with van der Waals surface area (Å²) in [7, 11) is 0. The van der Waals surface area contributed by atoms with Gasteiger partial charge in [0.1, 0.15) is 6.07 Å². The largest absolute Gasteiger partial charge is 0.450 e. The third-order valence-corrected chi connectivity index (χ3v) is 2.46. The van der Waals surface area contributed by atoms with E-state index in [1.54, 1.807) is 20.8 Å². The number of hydrogen-bond acceptors (Lipinski definition) is 5. The van der Waals surface area contributed by atoms with Crippen molar-refractivity contribution in [1.82, 2.24) is 0 Å². The zero-order valence-corrected chi connectivity index (χ0v) is 10.4. The predicted molar refractivity (Wildman–Crippen MR) is 58.7 cm³/mol. The van der Waals surface area contributed by atoms with Gasteiger partial charge >= 0.3 is 11.9 Å². The molecular weight excluding hydrogens is 222 g/mol. The Morgan fingerprint density at radius 1 is 1.47 bits per heavy atom. The third-order valence-electron chi connectivity index (χ3n) is 2.46. The first-order valence-corrected chi connectivity index (χ1v) is 5.66. The Hall–Kier alpha value is -1.57. The molecule has 1 rings (SSSR count). The van der Waals surface area contributed by atoms with Gasteiger partial charge in [0.25, 0.3) is 0 Å². The van der Waals surface area contributed by atoms with Crippen LogP contribution in [0.15, 0.2) is 0 Å². The summed E-state index contributed by atoms with van der Waals surface area (Å²) < 4.78 is 10.0. The first-order valence-electron chi connectivity index (χ1n) is 5.66. The first-order chi connectivity index (χ1) is 7.84. The average molecular weight is 239 g/mol. The summed E-state index contributed by atoms with van der Waals surface area (Å²) in [4.78, 5) is 23.2. The molecule has 1 saturated heterocycles. The Morgan fingerprint density at radius 2 is 2.12 bits per heavy atom. The van der Waals surface area contributed by atoms with Crippen molar-refractivity contribution in [1.29, 1.82) is 5.26 Å². The number of cyclic esters (lactones) is 1. The fourth-order valence-corrected chi connectivity index (χ4v) is 1.39. The number of carbonyl (C=O) groups is 2. The first kappa shape index (κ1) is 13.5. The summed E-state index contributed by atoms with van der Waals surface area (Å²) in [5.41, 5.74) is -0.652. The van der Waals surface area contributed by atoms with Gasteiger partial charge in [-0.3, -0.25) is 4.79 Å². The van der Waals surface area contributed by atoms with E-state index in [9.17, 15) is 9.59 Å². The number of rotatable bonds is 1. The zero-order chi connectivity index (χ0) is 13.1. The summed E-state index contributed by atoms with van der Waals surface area (Å²) in [5.74, 6) is -1.05. The van der Waals surface area contributed by atoms with Crippen LogP contribution in [-0.4, -0.2) is 24.1 Å². The van der Waals surface area contributed by atoms with E-state index in [-0.39, 0.29) is 0 Å². The average Bonchev–Trinajstić information content (AvgIpc) is 2.40. The number of hydrogen-bond donors (Lipinski definition) is 0. The molecule has 0 bridgehead atoms. The normalized spacial score (nSPS) is 25.4. The van der Waals surface area contributed by atoms with Gasteiger partial charge in [-0.05, 0) is 40.0 Å². The number of ether oxygens (including phenoxy) is 2. The van der Waals surface area contributed by atoms with Gasteiger partial charge in [-0.1, -0.05) is 0 Å². The van der Waals surface area contributed by atoms with Crippen molar-refractivity contribution in [2.45, 2.75) is 52.2 Å². The molecule has 1 heterocycles. The van der Waals surface area contributed by atoms with E-state index in [0.29, 0.717) is 19.3 Å². The Labute approximate surface area is 101 Å². The third kappa shape index (κ3) is 3.74. The topological polar surface area (TPSA) is 76.4 Å². The molecule has 5 nitrogen and oxygen atoms in total. The second-order valence-corrected chi connectivity index (χ2v) is 5.13. The van der Waals surface area contributed by atoms with E-state index in [1.165, 1.54) is 0 Å². The zero-order valence-electron chi connectivity index (χ0n) is 10.4. The fraction of sp³-hybridized carbons (Fsp3) is 0.750. The maximum Gasteiger partial charge on any atom is 0.348 e. The Morgan fingerprint density at radius 3 is 2.65 bits per heavy atom. The SMILES string of the molecule is CC(C)(C)C(=O)OC1CCCC(C#N)OC1=O. The van der Waals surface area contributed by atoms with Crippen LogP contribution in [0.5, 0.6) is 0 Å². The number of carbonyl (C=O) groups excluding carboxylic acids is 2. The molecule has 0 spiro atoms. The van der Waals surface area contributed by atoms with Crippen LogP contribution < -0.4 is 0 Å². The molecule has 0 radical (unpaired) electrons. The van der Waals surface area contributed by atoms with E-state index < -0.39 is 29.6 Å². The lowest BCUT2D eigenvalue weighted by atomic mass is 9.97. The van der Waals surface area contributed by atoms with E-state index in [2.05, 4.69) is 0 Å². The summed E-state index contributed by atoms with van der Waals surface area (Å²) in [6.45, 7) is 5.15. The molecule has 0 amide bonds. The Kier molecular flexibility index (Phi) is 4.11. The van der Waals surface area contributed by atoms with Crippen molar-refractivity contribution in [2.75, 3.05) is 0 Å². The lowest BCUT2D eigenvalue weighted by Crippen LogP contribution is -2.34. The summed E-state index contributed by atoms with van der Waals surface area (Å²) in [6, 6.07) is 1.89. The van der Waals surface area contributed by atoms with Crippen molar-refractivity contribution in [3.8, 4) is 6.07 Å². The molecule has 0 aromatic rings. The second-order valence-electron chi connectivity index (χ2n) is 5.13. The minimum Gasteiger partial charge on any atom is -0.450 e. The van der Waals surface area contributed by atoms with Gasteiger partial charge in [-0.2, -0.15) is 5.26 Å². The van der Waals surface area contributed by atoms with Crippen molar-refractivity contribution in [2.24, 2.45) is 5.41 Å². The molecule has 2 atom stereocenters. The molecule has 1 aliphatic rings. The number of nitriles is 1. The van der Waals surface area contributed by atoms with Gasteiger partial charge in [-0.25, -0.2) is 4.79 Å². The van der Waals surface area contributed by atoms with Crippen LogP contribution in [0.2, 0.25) is 0 Å². The van der Waals surface area contributed by atoms with Gasteiger partial charge < -0.3 is 9.47 Å². The maximum absolute atomic E-state index is 11.6. The second kappa shape index (κ2) is 5.17. The molecule has 1 fully saturated rings. The van der Waals surface area contributed by atoms with E-state index in [1.807, 2.05) is 6.07 Å². The fourth-order valence-electron chi connectivity index (χ4n) is 1.39. The monoisotopic (exact) mass is 239 g/mol. The molecule has 2 unspecified atom stereocenters. The highest BCUT2D eigenvalue weighted by Crippen LogP contribution is 2.21. The standard InChI is InChI=1S/C12H17NO4/c1-12(2,3)11(15)17-9-6-4-5-8(7-13)16-10(9)14/h8-9H,4-6H2,1-3H3. The van der Waals surface area contributed by atoms with Gasteiger partial charge in [0, 0.05) is 0 Å². The molecule has 17 heavy (non-hydrogen) atoms. The Bertz CT molecular complexity index is 350. The van der Waals surface area contributed by atoms with Crippen molar-refractivity contribution >= 4 is 11.9 Å². The quantitative estimate of drug-likeness (QED) is 0.649. The molecular formula is C12H17NO4. The van der Waals surface area contributed by atoms with Crippen LogP contribution in [0.3, 0.4) is 0 Å². The van der Waals surface area contributed by atoms with E-state index in [0.717, 1.165) is 0 Å². The summed E-state index contributed by atoms with van der Waals surface area (Å²) in [5, 5.41) is 8.70. The minimum atomic E-state index is -0.875. The molecule has 94 valence electrons. The number of nitrogens with zero attached hydrogens (tertiary/aromatic N) is 1. The molecule has 0 N–H and O–H groups in total. The van der Waals surface area contributed by atoms with E-state index >= 15 is 0 Å². The molecule has 0 aliphatic carbocycles. The van der Waals surface area contributed by atoms with Crippen molar-refractivity contribution < 1.29 is 19.1 Å². The van der Waals surface area contributed by atoms with Gasteiger partial charge in [-0.15, -0.1) is 0 Å². The smallest absolute Gasteiger partial charge is 0.348 e. The van der Waals surface area contributed by atoms with E-state index in [4.69, 9.17) is 14.7 Å². The maximum atomic E-state index is 11.6. The summed E-state index contributed by atoms with van der Waals surface area (Å²) in [6.07, 6.45) is -0.0580. The Balaban J connectivity index is 2.64. The van der Waals surface area contributed by atoms with Crippen LogP contribution in [0.4, 0.5) is 0 Å². The van der Waals surface area contributed by atoms with Crippen LogP contribution in [-0.2, 0) is 19.1 Å². The van der Waals surface area contributed by atoms with Crippen molar-refractivity contribution in [3.05, 3.63) is 0 Å². The minimum absolute atomic E-state index is 0.416. The molecule has 0 saturated carbocycles. The molecule has 0 aromatic carbocycles. The van der Waals surface area contributed by atoms with Gasteiger partial charge in [0.15, 0.2) is 12.2 Å². The van der Waals surface area contributed by atoms with Crippen LogP contribution in [0.1, 0.15) is 40.0 Å². The predicted octanol–water partition coefficient (Wildman–Crippen LogP) is 1.56. The molecule has 1 aliphatic heterocycles. The highest BCUT2D eigenvalue weighted by Gasteiger charge is 2.33. The lowest BCUT2D eigenvalue weighted by molar-refractivity contribution is -0.173. The molecule has 0 aromatic heterocycles. The number of esters is 2. The highest BCUT2D eigenvalue weighted by molar-refractivity contribution is 5.82. The van der Waals surface area contributed by atoms with Crippen LogP contribution >= 0.6 is 0 Å². The molecule has 5 heteroatoms. The van der Waals surface area contributed by atoms with Crippen LogP contribution in [0.25, 0.3) is 0 Å². The lowest BCUT2D eigenvalue weighted by Gasteiger charge is -2.20. The van der Waals surface area contributed by atoms with Crippen molar-refractivity contribution in [3.63, 3.8) is 0 Å². The van der Waals surface area contributed by atoms with Gasteiger partial charge in [0.2, 0.25) is 0 Å². The summed E-state index contributed by atoms with van der Waals surface area (Å²) >= 11 is 0. The van der Waals surface area contributed by atoms with Crippen LogP contribution in [0, 0.1) is 16.7 Å². The highest BCUT2D eigenvalue weighted by atomic mass is 16.6.